The Bertz CT molecular complexity index is 446. The van der Waals surface area contributed by atoms with Gasteiger partial charge in [-0.2, -0.15) is 0 Å². The number of rotatable bonds is 5. The van der Waals surface area contributed by atoms with Gasteiger partial charge in [0.15, 0.2) is 0 Å². The molecule has 90 valence electrons. The summed E-state index contributed by atoms with van der Waals surface area (Å²) in [5, 5.41) is 0.998. The Labute approximate surface area is 109 Å². The molecule has 0 aliphatic rings. The molecule has 0 saturated heterocycles. The number of hydrogen-bond acceptors (Lipinski definition) is 2. The SMILES string of the molecule is CCC(CBr)NS(=O)(=O)c1cccc(Cl)c1. The van der Waals surface area contributed by atoms with Crippen molar-refractivity contribution in [3.05, 3.63) is 29.3 Å². The van der Waals surface area contributed by atoms with Gasteiger partial charge < -0.3 is 0 Å². The summed E-state index contributed by atoms with van der Waals surface area (Å²) in [5.74, 6) is 0. The molecule has 0 aliphatic heterocycles. The summed E-state index contributed by atoms with van der Waals surface area (Å²) < 4.78 is 26.4. The molecule has 1 rings (SSSR count). The monoisotopic (exact) mass is 325 g/mol. The summed E-state index contributed by atoms with van der Waals surface area (Å²) in [6, 6.07) is 6.11. The zero-order valence-corrected chi connectivity index (χ0v) is 11.9. The number of halogens is 2. The van der Waals surface area contributed by atoms with Crippen molar-refractivity contribution in [2.75, 3.05) is 5.33 Å². The van der Waals surface area contributed by atoms with Crippen LogP contribution in [0.4, 0.5) is 0 Å². The van der Waals surface area contributed by atoms with Crippen molar-refractivity contribution in [1.29, 1.82) is 0 Å². The lowest BCUT2D eigenvalue weighted by Crippen LogP contribution is -2.35. The summed E-state index contributed by atoms with van der Waals surface area (Å²) in [4.78, 5) is 0.194. The molecular weight excluding hydrogens is 314 g/mol. The molecule has 1 aromatic rings. The summed E-state index contributed by atoms with van der Waals surface area (Å²) in [6.07, 6.45) is 0.727. The zero-order valence-electron chi connectivity index (χ0n) is 8.78. The fourth-order valence-electron chi connectivity index (χ4n) is 1.15. The molecule has 1 atom stereocenters. The third-order valence-electron chi connectivity index (χ3n) is 2.11. The first-order valence-electron chi connectivity index (χ1n) is 4.83. The second-order valence-electron chi connectivity index (χ2n) is 3.34. The minimum Gasteiger partial charge on any atom is -0.207 e. The molecule has 1 N–H and O–H groups in total. The first-order valence-corrected chi connectivity index (χ1v) is 7.81. The van der Waals surface area contributed by atoms with Gasteiger partial charge in [0.05, 0.1) is 4.90 Å². The van der Waals surface area contributed by atoms with Gasteiger partial charge in [-0.05, 0) is 24.6 Å². The van der Waals surface area contributed by atoms with Gasteiger partial charge in [0, 0.05) is 16.4 Å². The first-order chi connectivity index (χ1) is 7.49. The first kappa shape index (κ1) is 14.0. The molecule has 0 aromatic heterocycles. The summed E-state index contributed by atoms with van der Waals surface area (Å²) in [5.41, 5.74) is 0. The average Bonchev–Trinajstić information content (AvgIpc) is 2.26. The molecule has 0 bridgehead atoms. The minimum atomic E-state index is -3.47. The molecule has 1 unspecified atom stereocenters. The van der Waals surface area contributed by atoms with Crippen LogP contribution < -0.4 is 4.72 Å². The molecule has 0 aliphatic carbocycles. The molecular formula is C10H13BrClNO2S. The fraction of sp³-hybridized carbons (Fsp3) is 0.400. The van der Waals surface area contributed by atoms with Crippen LogP contribution in [0.15, 0.2) is 29.2 Å². The lowest BCUT2D eigenvalue weighted by molar-refractivity contribution is 0.559. The second kappa shape index (κ2) is 6.00. The lowest BCUT2D eigenvalue weighted by Gasteiger charge is -2.14. The summed E-state index contributed by atoms with van der Waals surface area (Å²) >= 11 is 9.02. The Kier molecular flexibility index (Phi) is 5.24. The van der Waals surface area contributed by atoms with Gasteiger partial charge in [0.25, 0.3) is 0 Å². The van der Waals surface area contributed by atoms with E-state index in [1.165, 1.54) is 12.1 Å². The van der Waals surface area contributed by atoms with Gasteiger partial charge in [-0.3, -0.25) is 0 Å². The van der Waals surface area contributed by atoms with Crippen molar-refractivity contribution in [2.24, 2.45) is 0 Å². The van der Waals surface area contributed by atoms with Crippen LogP contribution in [0, 0.1) is 0 Å². The van der Waals surface area contributed by atoms with Gasteiger partial charge in [-0.25, -0.2) is 13.1 Å². The predicted octanol–water partition coefficient (Wildman–Crippen LogP) is 2.79. The normalized spacial score (nSPS) is 13.7. The standard InChI is InChI=1S/C10H13BrClNO2S/c1-2-9(7-11)13-16(14,15)10-5-3-4-8(12)6-10/h3-6,9,13H,2,7H2,1H3. The smallest absolute Gasteiger partial charge is 0.207 e. The van der Waals surface area contributed by atoms with E-state index in [4.69, 9.17) is 11.6 Å². The molecule has 3 nitrogen and oxygen atoms in total. The Balaban J connectivity index is 2.94. The van der Waals surface area contributed by atoms with E-state index in [1.807, 2.05) is 6.92 Å². The highest BCUT2D eigenvalue weighted by Crippen LogP contribution is 2.16. The number of sulfonamides is 1. The predicted molar refractivity (Wildman–Crippen MR) is 69.6 cm³/mol. The van der Waals surface area contributed by atoms with Crippen LogP contribution in [0.5, 0.6) is 0 Å². The van der Waals surface area contributed by atoms with Gasteiger partial charge in [0.2, 0.25) is 10.0 Å². The van der Waals surface area contributed by atoms with E-state index in [1.54, 1.807) is 12.1 Å². The highest BCUT2D eigenvalue weighted by molar-refractivity contribution is 9.09. The third kappa shape index (κ3) is 3.73. The van der Waals surface area contributed by atoms with E-state index < -0.39 is 10.0 Å². The lowest BCUT2D eigenvalue weighted by atomic mass is 10.3. The molecule has 0 fully saturated rings. The van der Waals surface area contributed by atoms with Crippen molar-refractivity contribution in [3.63, 3.8) is 0 Å². The Morgan fingerprint density at radius 1 is 1.50 bits per heavy atom. The van der Waals surface area contributed by atoms with Gasteiger partial charge >= 0.3 is 0 Å². The zero-order chi connectivity index (χ0) is 12.2. The van der Waals surface area contributed by atoms with Crippen LogP contribution in [0.2, 0.25) is 5.02 Å². The molecule has 0 heterocycles. The largest absolute Gasteiger partial charge is 0.240 e. The molecule has 1 aromatic carbocycles. The number of benzene rings is 1. The molecule has 16 heavy (non-hydrogen) atoms. The van der Waals surface area contributed by atoms with E-state index in [-0.39, 0.29) is 10.9 Å². The van der Waals surface area contributed by atoms with Crippen LogP contribution in [-0.2, 0) is 10.0 Å². The highest BCUT2D eigenvalue weighted by atomic mass is 79.9. The Morgan fingerprint density at radius 2 is 2.19 bits per heavy atom. The summed E-state index contributed by atoms with van der Waals surface area (Å²) in [6.45, 7) is 1.92. The van der Waals surface area contributed by atoms with Crippen LogP contribution in [0.1, 0.15) is 13.3 Å². The molecule has 0 radical (unpaired) electrons. The number of hydrogen-bond donors (Lipinski definition) is 1. The van der Waals surface area contributed by atoms with E-state index in [0.29, 0.717) is 10.4 Å². The molecule has 0 saturated carbocycles. The second-order valence-corrected chi connectivity index (χ2v) is 6.14. The number of nitrogens with one attached hydrogen (secondary N) is 1. The van der Waals surface area contributed by atoms with Crippen LogP contribution in [0.3, 0.4) is 0 Å². The van der Waals surface area contributed by atoms with E-state index in [9.17, 15) is 8.42 Å². The van der Waals surface area contributed by atoms with Crippen molar-refractivity contribution in [3.8, 4) is 0 Å². The fourth-order valence-corrected chi connectivity index (χ4v) is 3.60. The minimum absolute atomic E-state index is 0.107. The van der Waals surface area contributed by atoms with E-state index in [0.717, 1.165) is 6.42 Å². The van der Waals surface area contributed by atoms with Crippen molar-refractivity contribution in [2.45, 2.75) is 24.3 Å². The highest BCUT2D eigenvalue weighted by Gasteiger charge is 2.18. The molecule has 0 spiro atoms. The summed E-state index contributed by atoms with van der Waals surface area (Å²) in [7, 11) is -3.47. The maximum atomic E-state index is 11.9. The average molecular weight is 327 g/mol. The number of alkyl halides is 1. The quantitative estimate of drug-likeness (QED) is 0.846. The van der Waals surface area contributed by atoms with Crippen molar-refractivity contribution < 1.29 is 8.42 Å². The van der Waals surface area contributed by atoms with Crippen LogP contribution in [-0.4, -0.2) is 19.8 Å². The molecule has 6 heteroatoms. The third-order valence-corrected chi connectivity index (χ3v) is 4.64. The maximum absolute atomic E-state index is 11.9. The van der Waals surface area contributed by atoms with Gasteiger partial charge in [-0.15, -0.1) is 0 Å². The van der Waals surface area contributed by atoms with Crippen molar-refractivity contribution in [1.82, 2.24) is 4.72 Å². The topological polar surface area (TPSA) is 46.2 Å². The van der Waals surface area contributed by atoms with E-state index >= 15 is 0 Å². The maximum Gasteiger partial charge on any atom is 0.240 e. The van der Waals surface area contributed by atoms with E-state index in [2.05, 4.69) is 20.7 Å². The molecule has 0 amide bonds. The van der Waals surface area contributed by atoms with Crippen molar-refractivity contribution >= 4 is 37.6 Å². The van der Waals surface area contributed by atoms with Crippen LogP contribution in [0.25, 0.3) is 0 Å². The van der Waals surface area contributed by atoms with Gasteiger partial charge in [0.1, 0.15) is 0 Å². The Hall–Kier alpha value is -0.100. The Morgan fingerprint density at radius 3 is 2.69 bits per heavy atom. The van der Waals surface area contributed by atoms with Gasteiger partial charge in [-0.1, -0.05) is 40.5 Å². The van der Waals surface area contributed by atoms with Crippen LogP contribution >= 0.6 is 27.5 Å².